The van der Waals surface area contributed by atoms with E-state index < -0.39 is 5.97 Å². The van der Waals surface area contributed by atoms with Gasteiger partial charge < -0.3 is 4.74 Å². The summed E-state index contributed by atoms with van der Waals surface area (Å²) < 4.78 is 7.10. The molecular formula is C19H15N3O2S. The zero-order valence-electron chi connectivity index (χ0n) is 13.5. The zero-order chi connectivity index (χ0) is 17.2. The van der Waals surface area contributed by atoms with Gasteiger partial charge in [-0.3, -0.25) is 4.68 Å². The van der Waals surface area contributed by atoms with Crippen LogP contribution in [-0.2, 0) is 16.1 Å². The molecular weight excluding hydrogens is 334 g/mol. The van der Waals surface area contributed by atoms with Crippen molar-refractivity contribution in [3.8, 4) is 0 Å². The standard InChI is InChI=1S/C19H15N3O2S/c1-13-7-8-17(25-13)18-21-16(19(23)24-18)9-15-10-20-22(12-15)11-14-5-3-2-4-6-14/h2-10,12H,11H2,1H3/b16-9-. The average molecular weight is 349 g/mol. The number of aromatic nitrogens is 2. The third-order valence-corrected chi connectivity index (χ3v) is 4.70. The molecule has 0 fully saturated rings. The summed E-state index contributed by atoms with van der Waals surface area (Å²) in [4.78, 5) is 18.4. The first-order chi connectivity index (χ1) is 12.2. The number of hydrogen-bond acceptors (Lipinski definition) is 5. The predicted molar refractivity (Wildman–Crippen MR) is 97.4 cm³/mol. The number of rotatable bonds is 4. The van der Waals surface area contributed by atoms with E-state index in [1.165, 1.54) is 5.56 Å². The van der Waals surface area contributed by atoms with Crippen molar-refractivity contribution in [2.75, 3.05) is 0 Å². The summed E-state index contributed by atoms with van der Waals surface area (Å²) in [5.41, 5.74) is 2.27. The van der Waals surface area contributed by atoms with Crippen LogP contribution in [0.15, 0.2) is 65.5 Å². The largest absolute Gasteiger partial charge is 0.401 e. The van der Waals surface area contributed by atoms with E-state index in [0.717, 1.165) is 15.3 Å². The Morgan fingerprint density at radius 2 is 2.04 bits per heavy atom. The van der Waals surface area contributed by atoms with Crippen molar-refractivity contribution in [3.63, 3.8) is 0 Å². The first-order valence-electron chi connectivity index (χ1n) is 7.83. The van der Waals surface area contributed by atoms with Crippen LogP contribution in [-0.4, -0.2) is 21.6 Å². The lowest BCUT2D eigenvalue weighted by Gasteiger charge is -2.00. The number of ether oxygens (including phenoxy) is 1. The van der Waals surface area contributed by atoms with Gasteiger partial charge in [0.25, 0.3) is 0 Å². The number of nitrogens with zero attached hydrogens (tertiary/aromatic N) is 3. The van der Waals surface area contributed by atoms with Crippen LogP contribution in [0.4, 0.5) is 0 Å². The lowest BCUT2D eigenvalue weighted by atomic mass is 10.2. The van der Waals surface area contributed by atoms with Crippen molar-refractivity contribution in [2.24, 2.45) is 4.99 Å². The number of esters is 1. The number of carbonyl (C=O) groups excluding carboxylic acids is 1. The van der Waals surface area contributed by atoms with Crippen LogP contribution in [0.25, 0.3) is 6.08 Å². The minimum absolute atomic E-state index is 0.292. The second-order valence-corrected chi connectivity index (χ2v) is 6.99. The van der Waals surface area contributed by atoms with E-state index in [1.54, 1.807) is 23.6 Å². The van der Waals surface area contributed by atoms with Crippen LogP contribution in [0.3, 0.4) is 0 Å². The molecule has 0 atom stereocenters. The monoisotopic (exact) mass is 349 g/mol. The maximum Gasteiger partial charge on any atom is 0.363 e. The molecule has 0 unspecified atom stereocenters. The molecule has 4 rings (SSSR count). The number of carbonyl (C=O) groups is 1. The van der Waals surface area contributed by atoms with E-state index >= 15 is 0 Å². The molecule has 0 saturated carbocycles. The number of aliphatic imine (C=N–C) groups is 1. The average Bonchev–Trinajstić information content (AvgIpc) is 3.31. The van der Waals surface area contributed by atoms with Crippen molar-refractivity contribution in [1.29, 1.82) is 0 Å². The van der Waals surface area contributed by atoms with Gasteiger partial charge >= 0.3 is 5.97 Å². The zero-order valence-corrected chi connectivity index (χ0v) is 14.4. The molecule has 6 heteroatoms. The Hall–Kier alpha value is -2.99. The number of aryl methyl sites for hydroxylation is 1. The first kappa shape index (κ1) is 15.5. The van der Waals surface area contributed by atoms with E-state index in [4.69, 9.17) is 4.74 Å². The van der Waals surface area contributed by atoms with Crippen LogP contribution in [0.1, 0.15) is 20.9 Å². The van der Waals surface area contributed by atoms with Gasteiger partial charge in [-0.05, 0) is 30.7 Å². The minimum atomic E-state index is -0.433. The Kier molecular flexibility index (Phi) is 4.03. The molecule has 1 aliphatic heterocycles. The molecule has 3 heterocycles. The number of benzene rings is 1. The second kappa shape index (κ2) is 6.49. The van der Waals surface area contributed by atoms with Gasteiger partial charge in [0.05, 0.1) is 17.6 Å². The predicted octanol–water partition coefficient (Wildman–Crippen LogP) is 3.65. The normalized spacial score (nSPS) is 15.5. The Morgan fingerprint density at radius 1 is 1.20 bits per heavy atom. The van der Waals surface area contributed by atoms with Gasteiger partial charge in [-0.2, -0.15) is 5.10 Å². The van der Waals surface area contributed by atoms with Gasteiger partial charge in [-0.15, -0.1) is 11.3 Å². The highest BCUT2D eigenvalue weighted by atomic mass is 32.1. The lowest BCUT2D eigenvalue weighted by molar-refractivity contribution is -0.129. The molecule has 0 N–H and O–H groups in total. The highest BCUT2D eigenvalue weighted by Crippen LogP contribution is 2.23. The molecule has 0 radical (unpaired) electrons. The van der Waals surface area contributed by atoms with E-state index in [2.05, 4.69) is 10.1 Å². The number of thiophene rings is 1. The fourth-order valence-electron chi connectivity index (χ4n) is 2.53. The molecule has 1 aliphatic rings. The van der Waals surface area contributed by atoms with Crippen molar-refractivity contribution >= 4 is 29.3 Å². The van der Waals surface area contributed by atoms with Gasteiger partial charge in [0.1, 0.15) is 0 Å². The van der Waals surface area contributed by atoms with Gasteiger partial charge in [0.2, 0.25) is 5.90 Å². The highest BCUT2D eigenvalue weighted by molar-refractivity contribution is 7.14. The summed E-state index contributed by atoms with van der Waals surface area (Å²) in [7, 11) is 0. The molecule has 2 aromatic heterocycles. The Bertz CT molecular complexity index is 983. The van der Waals surface area contributed by atoms with Gasteiger partial charge in [0.15, 0.2) is 5.70 Å². The smallest absolute Gasteiger partial charge is 0.363 e. The van der Waals surface area contributed by atoms with Gasteiger partial charge in [0, 0.05) is 16.6 Å². The van der Waals surface area contributed by atoms with Gasteiger partial charge in [-0.25, -0.2) is 9.79 Å². The van der Waals surface area contributed by atoms with Crippen LogP contribution in [0, 0.1) is 6.92 Å². The van der Waals surface area contributed by atoms with E-state index in [-0.39, 0.29) is 0 Å². The number of hydrogen-bond donors (Lipinski definition) is 0. The summed E-state index contributed by atoms with van der Waals surface area (Å²) in [6.07, 6.45) is 5.30. The van der Waals surface area contributed by atoms with Crippen LogP contribution in [0.2, 0.25) is 0 Å². The van der Waals surface area contributed by atoms with E-state index in [0.29, 0.717) is 18.1 Å². The molecule has 124 valence electrons. The fraction of sp³-hybridized carbons (Fsp3) is 0.105. The number of cyclic esters (lactones) is 1. The third-order valence-electron chi connectivity index (χ3n) is 3.72. The molecule has 1 aromatic carbocycles. The summed E-state index contributed by atoms with van der Waals surface area (Å²) >= 11 is 1.55. The Labute approximate surface area is 148 Å². The molecule has 0 aliphatic carbocycles. The van der Waals surface area contributed by atoms with E-state index in [9.17, 15) is 4.79 Å². The van der Waals surface area contributed by atoms with Crippen molar-refractivity contribution < 1.29 is 9.53 Å². The summed E-state index contributed by atoms with van der Waals surface area (Å²) in [6, 6.07) is 14.0. The van der Waals surface area contributed by atoms with E-state index in [1.807, 2.05) is 60.3 Å². The maximum atomic E-state index is 12.0. The molecule has 25 heavy (non-hydrogen) atoms. The van der Waals surface area contributed by atoms with Crippen molar-refractivity contribution in [2.45, 2.75) is 13.5 Å². The van der Waals surface area contributed by atoms with Crippen molar-refractivity contribution in [3.05, 3.63) is 81.4 Å². The molecule has 0 saturated heterocycles. The Morgan fingerprint density at radius 3 is 2.80 bits per heavy atom. The molecule has 0 bridgehead atoms. The van der Waals surface area contributed by atoms with Crippen LogP contribution >= 0.6 is 11.3 Å². The third kappa shape index (κ3) is 3.44. The quantitative estimate of drug-likeness (QED) is 0.534. The van der Waals surface area contributed by atoms with Crippen LogP contribution < -0.4 is 0 Å². The van der Waals surface area contributed by atoms with Crippen LogP contribution in [0.5, 0.6) is 0 Å². The SMILES string of the molecule is Cc1ccc(C2=N/C(=C\c3cnn(Cc4ccccc4)c3)C(=O)O2)s1. The molecule has 3 aromatic rings. The minimum Gasteiger partial charge on any atom is -0.401 e. The summed E-state index contributed by atoms with van der Waals surface area (Å²) in [5, 5.41) is 4.33. The lowest BCUT2D eigenvalue weighted by Crippen LogP contribution is -2.03. The van der Waals surface area contributed by atoms with Gasteiger partial charge in [-0.1, -0.05) is 30.3 Å². The topological polar surface area (TPSA) is 56.5 Å². The molecule has 0 spiro atoms. The second-order valence-electron chi connectivity index (χ2n) is 5.70. The molecule has 0 amide bonds. The fourth-order valence-corrected chi connectivity index (χ4v) is 3.33. The van der Waals surface area contributed by atoms with Crippen molar-refractivity contribution in [1.82, 2.24) is 9.78 Å². The summed E-state index contributed by atoms with van der Waals surface area (Å²) in [5.74, 6) is -0.0668. The Balaban J connectivity index is 1.54. The summed E-state index contributed by atoms with van der Waals surface area (Å²) in [6.45, 7) is 2.68. The highest BCUT2D eigenvalue weighted by Gasteiger charge is 2.25. The maximum absolute atomic E-state index is 12.0. The molecule has 5 nitrogen and oxygen atoms in total. The first-order valence-corrected chi connectivity index (χ1v) is 8.65.